The zero-order valence-electron chi connectivity index (χ0n) is 10.3. The number of aromatic nitrogens is 2. The molecule has 94 valence electrons. The average Bonchev–Trinajstić information content (AvgIpc) is 2.37. The van der Waals surface area contributed by atoms with Gasteiger partial charge in [-0.3, -0.25) is 0 Å². The lowest BCUT2D eigenvalue weighted by Crippen LogP contribution is -2.04. The summed E-state index contributed by atoms with van der Waals surface area (Å²) in [5, 5.41) is 3.26. The number of rotatable bonds is 4. The van der Waals surface area contributed by atoms with Crippen LogP contribution in [0.5, 0.6) is 5.88 Å². The van der Waals surface area contributed by atoms with E-state index < -0.39 is 0 Å². The molecule has 1 aromatic carbocycles. The Hall–Kier alpha value is -1.62. The lowest BCUT2D eigenvalue weighted by molar-refractivity contribution is 0.396. The van der Waals surface area contributed by atoms with Gasteiger partial charge >= 0.3 is 0 Å². The van der Waals surface area contributed by atoms with E-state index in [0.717, 1.165) is 10.3 Å². The number of nitrogens with one attached hydrogen (secondary N) is 1. The van der Waals surface area contributed by atoms with Gasteiger partial charge in [0.1, 0.15) is 11.6 Å². The summed E-state index contributed by atoms with van der Waals surface area (Å²) in [5.74, 6) is 2.01. The smallest absolute Gasteiger partial charge is 0.218 e. The van der Waals surface area contributed by atoms with Crippen LogP contribution in [-0.4, -0.2) is 17.1 Å². The fourth-order valence-electron chi connectivity index (χ4n) is 1.56. The van der Waals surface area contributed by atoms with Crippen LogP contribution in [0.4, 0.5) is 5.82 Å². The van der Waals surface area contributed by atoms with Crippen molar-refractivity contribution in [2.45, 2.75) is 13.5 Å². The molecule has 0 fully saturated rings. The van der Waals surface area contributed by atoms with Crippen molar-refractivity contribution in [3.63, 3.8) is 0 Å². The molecule has 1 heterocycles. The van der Waals surface area contributed by atoms with Crippen LogP contribution < -0.4 is 10.1 Å². The number of hydrogen-bond donors (Lipinski definition) is 1. The summed E-state index contributed by atoms with van der Waals surface area (Å²) in [4.78, 5) is 8.45. The van der Waals surface area contributed by atoms with E-state index in [1.54, 1.807) is 13.2 Å². The molecule has 0 radical (unpaired) electrons. The largest absolute Gasteiger partial charge is 0.481 e. The highest BCUT2D eigenvalue weighted by Gasteiger charge is 2.03. The zero-order chi connectivity index (χ0) is 13.0. The molecule has 4 nitrogen and oxygen atoms in total. The Bertz CT molecular complexity index is 546. The fourth-order valence-corrected chi connectivity index (χ4v) is 1.99. The van der Waals surface area contributed by atoms with Gasteiger partial charge in [0.05, 0.1) is 7.11 Å². The highest BCUT2D eigenvalue weighted by atomic mass is 79.9. The number of hydrogen-bond acceptors (Lipinski definition) is 4. The maximum absolute atomic E-state index is 5.11. The predicted molar refractivity (Wildman–Crippen MR) is 74.8 cm³/mol. The van der Waals surface area contributed by atoms with Gasteiger partial charge in [-0.1, -0.05) is 34.1 Å². The molecule has 0 atom stereocenters. The maximum atomic E-state index is 5.11. The van der Waals surface area contributed by atoms with E-state index in [2.05, 4.69) is 37.3 Å². The first kappa shape index (κ1) is 12.8. The third-order valence-electron chi connectivity index (χ3n) is 2.44. The average molecular weight is 308 g/mol. The third kappa shape index (κ3) is 3.20. The predicted octanol–water partition coefficient (Wildman–Crippen LogP) is 3.17. The first-order chi connectivity index (χ1) is 8.69. The quantitative estimate of drug-likeness (QED) is 0.942. The van der Waals surface area contributed by atoms with E-state index in [4.69, 9.17) is 4.74 Å². The molecular weight excluding hydrogens is 294 g/mol. The number of anilines is 1. The molecule has 0 amide bonds. The van der Waals surface area contributed by atoms with Gasteiger partial charge in [0.15, 0.2) is 0 Å². The lowest BCUT2D eigenvalue weighted by atomic mass is 10.2. The Kier molecular flexibility index (Phi) is 4.15. The van der Waals surface area contributed by atoms with Crippen molar-refractivity contribution in [3.05, 3.63) is 46.2 Å². The summed E-state index contributed by atoms with van der Waals surface area (Å²) in [5.41, 5.74) is 1.17. The van der Waals surface area contributed by atoms with Crippen LogP contribution in [0.25, 0.3) is 0 Å². The van der Waals surface area contributed by atoms with Crippen molar-refractivity contribution in [2.75, 3.05) is 12.4 Å². The number of aryl methyl sites for hydroxylation is 1. The summed E-state index contributed by atoms with van der Waals surface area (Å²) in [7, 11) is 1.60. The van der Waals surface area contributed by atoms with Gasteiger partial charge in [-0.15, -0.1) is 0 Å². The van der Waals surface area contributed by atoms with Crippen LogP contribution in [0.2, 0.25) is 0 Å². The van der Waals surface area contributed by atoms with Crippen LogP contribution in [0.15, 0.2) is 34.8 Å². The molecule has 0 aliphatic carbocycles. The van der Waals surface area contributed by atoms with Crippen molar-refractivity contribution < 1.29 is 4.74 Å². The summed E-state index contributed by atoms with van der Waals surface area (Å²) >= 11 is 3.51. The second-order valence-electron chi connectivity index (χ2n) is 3.79. The van der Waals surface area contributed by atoms with E-state index >= 15 is 0 Å². The van der Waals surface area contributed by atoms with Crippen molar-refractivity contribution in [3.8, 4) is 5.88 Å². The minimum Gasteiger partial charge on any atom is -0.481 e. The molecule has 5 heteroatoms. The van der Waals surface area contributed by atoms with Crippen molar-refractivity contribution >= 4 is 21.7 Å². The molecule has 0 aliphatic heterocycles. The molecule has 0 unspecified atom stereocenters. The second-order valence-corrected chi connectivity index (χ2v) is 4.64. The standard InChI is InChI=1S/C13H14BrN3O/c1-9-16-12(7-13(17-9)18-2)15-8-10-5-3-4-6-11(10)14/h3-7H,8H2,1-2H3,(H,15,16,17). The van der Waals surface area contributed by atoms with Gasteiger partial charge < -0.3 is 10.1 Å². The second kappa shape index (κ2) is 5.82. The Balaban J connectivity index is 2.11. The highest BCUT2D eigenvalue weighted by Crippen LogP contribution is 2.18. The first-order valence-corrected chi connectivity index (χ1v) is 6.35. The Morgan fingerprint density at radius 2 is 2.06 bits per heavy atom. The van der Waals surface area contributed by atoms with Crippen LogP contribution >= 0.6 is 15.9 Å². The van der Waals surface area contributed by atoms with Crippen LogP contribution in [0.1, 0.15) is 11.4 Å². The zero-order valence-corrected chi connectivity index (χ0v) is 11.9. The maximum Gasteiger partial charge on any atom is 0.218 e. The molecule has 2 aromatic rings. The van der Waals surface area contributed by atoms with E-state index in [1.165, 1.54) is 5.56 Å². The van der Waals surface area contributed by atoms with E-state index in [0.29, 0.717) is 18.2 Å². The molecule has 2 rings (SSSR count). The number of benzene rings is 1. The minimum absolute atomic E-state index is 0.567. The molecule has 0 bridgehead atoms. The lowest BCUT2D eigenvalue weighted by Gasteiger charge is -2.09. The van der Waals surface area contributed by atoms with Gasteiger partial charge in [-0.25, -0.2) is 4.98 Å². The molecular formula is C13H14BrN3O. The molecule has 1 aromatic heterocycles. The molecule has 0 saturated heterocycles. The van der Waals surface area contributed by atoms with Crippen LogP contribution in [-0.2, 0) is 6.54 Å². The first-order valence-electron chi connectivity index (χ1n) is 5.56. The minimum atomic E-state index is 0.567. The Labute approximate surface area is 115 Å². The third-order valence-corrected chi connectivity index (χ3v) is 3.21. The summed E-state index contributed by atoms with van der Waals surface area (Å²) < 4.78 is 6.19. The monoisotopic (exact) mass is 307 g/mol. The molecule has 0 aliphatic rings. The Morgan fingerprint density at radius 3 is 2.78 bits per heavy atom. The van der Waals surface area contributed by atoms with Crippen LogP contribution in [0, 0.1) is 6.92 Å². The topological polar surface area (TPSA) is 47.0 Å². The number of nitrogens with zero attached hydrogens (tertiary/aromatic N) is 2. The van der Waals surface area contributed by atoms with E-state index in [-0.39, 0.29) is 0 Å². The Morgan fingerprint density at radius 1 is 1.28 bits per heavy atom. The molecule has 1 N–H and O–H groups in total. The van der Waals surface area contributed by atoms with Gasteiger partial charge in [-0.05, 0) is 18.6 Å². The fraction of sp³-hybridized carbons (Fsp3) is 0.231. The van der Waals surface area contributed by atoms with Gasteiger partial charge in [-0.2, -0.15) is 4.98 Å². The number of methoxy groups -OCH3 is 1. The number of halogens is 1. The number of ether oxygens (including phenoxy) is 1. The normalized spacial score (nSPS) is 10.2. The molecule has 18 heavy (non-hydrogen) atoms. The molecule has 0 saturated carbocycles. The summed E-state index contributed by atoms with van der Waals surface area (Å²) in [6, 6.07) is 9.86. The van der Waals surface area contributed by atoms with Gasteiger partial charge in [0, 0.05) is 17.1 Å². The van der Waals surface area contributed by atoms with E-state index in [1.807, 2.05) is 25.1 Å². The van der Waals surface area contributed by atoms with E-state index in [9.17, 15) is 0 Å². The van der Waals surface area contributed by atoms with Crippen molar-refractivity contribution in [1.82, 2.24) is 9.97 Å². The summed E-state index contributed by atoms with van der Waals surface area (Å²) in [6.45, 7) is 2.53. The highest BCUT2D eigenvalue weighted by molar-refractivity contribution is 9.10. The van der Waals surface area contributed by atoms with Crippen molar-refractivity contribution in [2.24, 2.45) is 0 Å². The van der Waals surface area contributed by atoms with Crippen molar-refractivity contribution in [1.29, 1.82) is 0 Å². The molecule has 0 spiro atoms. The van der Waals surface area contributed by atoms with Crippen LogP contribution in [0.3, 0.4) is 0 Å². The SMILES string of the molecule is COc1cc(NCc2ccccc2Br)nc(C)n1. The van der Waals surface area contributed by atoms with Gasteiger partial charge in [0.2, 0.25) is 5.88 Å². The van der Waals surface area contributed by atoms with Gasteiger partial charge in [0.25, 0.3) is 0 Å². The summed E-state index contributed by atoms with van der Waals surface area (Å²) in [6.07, 6.45) is 0.